The smallest absolute Gasteiger partial charge is 0.416 e. The van der Waals surface area contributed by atoms with Crippen molar-refractivity contribution >= 4 is 35.4 Å². The van der Waals surface area contributed by atoms with Gasteiger partial charge in [-0.2, -0.15) is 9.61 Å². The molecular formula is C15H17ClN4O3. The normalized spacial score (nSPS) is 14.8. The number of carbonyl (C=O) groups excluding carboxylic acids is 2. The number of amides is 1. The van der Waals surface area contributed by atoms with Crippen molar-refractivity contribution in [2.24, 2.45) is 0 Å². The SMILES string of the molecule is CC(C)(C)N(C(=O)OC1CC1)c1cc(Cl)nc2c(C=O)cnn12. The first-order valence-electron chi connectivity index (χ1n) is 7.31. The van der Waals surface area contributed by atoms with E-state index in [9.17, 15) is 9.59 Å². The van der Waals surface area contributed by atoms with Gasteiger partial charge in [0.1, 0.15) is 17.1 Å². The van der Waals surface area contributed by atoms with Crippen LogP contribution in [0.15, 0.2) is 12.3 Å². The van der Waals surface area contributed by atoms with Crippen LogP contribution in [0.1, 0.15) is 44.0 Å². The highest BCUT2D eigenvalue weighted by atomic mass is 35.5. The monoisotopic (exact) mass is 336 g/mol. The van der Waals surface area contributed by atoms with Gasteiger partial charge in [-0.15, -0.1) is 0 Å². The number of fused-ring (bicyclic) bond motifs is 1. The lowest BCUT2D eigenvalue weighted by atomic mass is 10.1. The maximum atomic E-state index is 12.6. The van der Waals surface area contributed by atoms with E-state index in [1.54, 1.807) is 0 Å². The molecule has 0 radical (unpaired) electrons. The van der Waals surface area contributed by atoms with Gasteiger partial charge in [-0.3, -0.25) is 9.69 Å². The first-order chi connectivity index (χ1) is 10.8. The molecule has 7 nitrogen and oxygen atoms in total. The average molecular weight is 337 g/mol. The fourth-order valence-corrected chi connectivity index (χ4v) is 2.45. The van der Waals surface area contributed by atoms with Crippen LogP contribution in [0.3, 0.4) is 0 Å². The number of nitrogens with zero attached hydrogens (tertiary/aromatic N) is 4. The summed E-state index contributed by atoms with van der Waals surface area (Å²) in [5, 5.41) is 4.33. The molecular weight excluding hydrogens is 320 g/mol. The molecule has 1 amide bonds. The minimum absolute atomic E-state index is 0.0247. The molecule has 1 aliphatic rings. The largest absolute Gasteiger partial charge is 0.446 e. The Kier molecular flexibility index (Phi) is 3.75. The van der Waals surface area contributed by atoms with Crippen LogP contribution in [-0.2, 0) is 4.74 Å². The van der Waals surface area contributed by atoms with E-state index in [0.717, 1.165) is 12.8 Å². The highest BCUT2D eigenvalue weighted by molar-refractivity contribution is 6.29. The van der Waals surface area contributed by atoms with E-state index in [0.29, 0.717) is 23.3 Å². The van der Waals surface area contributed by atoms with Crippen molar-refractivity contribution in [1.29, 1.82) is 0 Å². The lowest BCUT2D eigenvalue weighted by Gasteiger charge is -2.34. The Morgan fingerprint density at radius 1 is 1.48 bits per heavy atom. The molecule has 122 valence electrons. The molecule has 2 aromatic heterocycles. The molecule has 1 fully saturated rings. The van der Waals surface area contributed by atoms with Crippen molar-refractivity contribution in [3.8, 4) is 0 Å². The Morgan fingerprint density at radius 3 is 2.74 bits per heavy atom. The second kappa shape index (κ2) is 5.49. The molecule has 0 spiro atoms. The van der Waals surface area contributed by atoms with E-state index in [-0.39, 0.29) is 11.3 Å². The number of anilines is 1. The van der Waals surface area contributed by atoms with Gasteiger partial charge in [0.25, 0.3) is 0 Å². The maximum absolute atomic E-state index is 12.6. The molecule has 0 N–H and O–H groups in total. The molecule has 1 aliphatic carbocycles. The number of halogens is 1. The standard InChI is InChI=1S/C15H17ClN4O3/c1-15(2,3)19(14(22)23-10-4-5-10)12-6-11(16)18-13-9(8-21)7-17-20(12)13/h6-8,10H,4-5H2,1-3H3. The van der Waals surface area contributed by atoms with Gasteiger partial charge in [0.05, 0.1) is 11.8 Å². The summed E-state index contributed by atoms with van der Waals surface area (Å²) < 4.78 is 6.86. The van der Waals surface area contributed by atoms with Crippen LogP contribution in [0.4, 0.5) is 10.6 Å². The summed E-state index contributed by atoms with van der Waals surface area (Å²) in [4.78, 5) is 29.3. The van der Waals surface area contributed by atoms with E-state index < -0.39 is 11.6 Å². The van der Waals surface area contributed by atoms with E-state index >= 15 is 0 Å². The summed E-state index contributed by atoms with van der Waals surface area (Å²) in [6.07, 6.45) is 3.32. The quantitative estimate of drug-likeness (QED) is 0.635. The summed E-state index contributed by atoms with van der Waals surface area (Å²) >= 11 is 6.08. The molecule has 8 heteroatoms. The number of aldehydes is 1. The van der Waals surface area contributed by atoms with Crippen molar-refractivity contribution < 1.29 is 14.3 Å². The summed E-state index contributed by atoms with van der Waals surface area (Å²) in [5.41, 5.74) is 0.0331. The van der Waals surface area contributed by atoms with Crippen LogP contribution in [0, 0.1) is 0 Å². The van der Waals surface area contributed by atoms with Crippen LogP contribution < -0.4 is 4.90 Å². The highest BCUT2D eigenvalue weighted by Gasteiger charge is 2.36. The summed E-state index contributed by atoms with van der Waals surface area (Å²) in [5.74, 6) is 0.409. The number of ether oxygens (including phenoxy) is 1. The molecule has 2 aromatic rings. The zero-order valence-electron chi connectivity index (χ0n) is 13.1. The molecule has 0 atom stereocenters. The summed E-state index contributed by atoms with van der Waals surface area (Å²) in [6, 6.07) is 1.54. The number of aromatic nitrogens is 3. The van der Waals surface area contributed by atoms with Gasteiger partial charge in [0.15, 0.2) is 11.9 Å². The minimum atomic E-state index is -0.573. The fraction of sp³-hybridized carbons (Fsp3) is 0.467. The Morgan fingerprint density at radius 2 is 2.17 bits per heavy atom. The van der Waals surface area contributed by atoms with Crippen LogP contribution in [0.25, 0.3) is 5.65 Å². The van der Waals surface area contributed by atoms with Crippen LogP contribution in [0.2, 0.25) is 5.15 Å². The predicted molar refractivity (Wildman–Crippen MR) is 85.1 cm³/mol. The Balaban J connectivity index is 2.15. The van der Waals surface area contributed by atoms with Gasteiger partial charge in [-0.05, 0) is 33.6 Å². The molecule has 0 saturated heterocycles. The molecule has 3 rings (SSSR count). The van der Waals surface area contributed by atoms with E-state index in [2.05, 4.69) is 10.1 Å². The van der Waals surface area contributed by atoms with Gasteiger partial charge >= 0.3 is 6.09 Å². The average Bonchev–Trinajstić information content (AvgIpc) is 3.14. The third kappa shape index (κ3) is 3.01. The molecule has 0 bridgehead atoms. The fourth-order valence-electron chi connectivity index (χ4n) is 2.27. The van der Waals surface area contributed by atoms with Crippen LogP contribution >= 0.6 is 11.6 Å². The second-order valence-electron chi connectivity index (χ2n) is 6.48. The van der Waals surface area contributed by atoms with Gasteiger partial charge in [0, 0.05) is 11.6 Å². The first-order valence-corrected chi connectivity index (χ1v) is 7.69. The molecule has 0 unspecified atom stereocenters. The predicted octanol–water partition coefficient (Wildman–Crippen LogP) is 3.10. The van der Waals surface area contributed by atoms with Crippen molar-refractivity contribution in [3.05, 3.63) is 23.0 Å². The van der Waals surface area contributed by atoms with Gasteiger partial charge in [-0.1, -0.05) is 11.6 Å². The van der Waals surface area contributed by atoms with Crippen LogP contribution in [-0.4, -0.2) is 38.6 Å². The van der Waals surface area contributed by atoms with Gasteiger partial charge in [0.2, 0.25) is 0 Å². The van der Waals surface area contributed by atoms with E-state index in [1.165, 1.54) is 21.7 Å². The van der Waals surface area contributed by atoms with Crippen LogP contribution in [0.5, 0.6) is 0 Å². The van der Waals surface area contributed by atoms with Crippen molar-refractivity contribution in [3.63, 3.8) is 0 Å². The third-order valence-electron chi connectivity index (χ3n) is 3.45. The molecule has 23 heavy (non-hydrogen) atoms. The zero-order valence-corrected chi connectivity index (χ0v) is 13.9. The molecule has 2 heterocycles. The number of rotatable bonds is 3. The summed E-state index contributed by atoms with van der Waals surface area (Å²) in [7, 11) is 0. The third-order valence-corrected chi connectivity index (χ3v) is 3.64. The van der Waals surface area contributed by atoms with Gasteiger partial charge in [-0.25, -0.2) is 9.78 Å². The lowest BCUT2D eigenvalue weighted by molar-refractivity contribution is 0.112. The minimum Gasteiger partial charge on any atom is -0.446 e. The molecule has 1 saturated carbocycles. The van der Waals surface area contributed by atoms with E-state index in [1.807, 2.05) is 20.8 Å². The second-order valence-corrected chi connectivity index (χ2v) is 6.87. The number of carbonyl (C=O) groups is 2. The first kappa shape index (κ1) is 15.7. The highest BCUT2D eigenvalue weighted by Crippen LogP contribution is 2.31. The molecule has 0 aliphatic heterocycles. The van der Waals surface area contributed by atoms with Gasteiger partial charge < -0.3 is 4.74 Å². The molecule has 0 aromatic carbocycles. The Hall–Kier alpha value is -2.15. The Bertz CT molecular complexity index is 777. The zero-order chi connectivity index (χ0) is 16.8. The number of hydrogen-bond acceptors (Lipinski definition) is 5. The van der Waals surface area contributed by atoms with Crippen molar-refractivity contribution in [1.82, 2.24) is 14.6 Å². The van der Waals surface area contributed by atoms with Crippen molar-refractivity contribution in [2.75, 3.05) is 4.90 Å². The summed E-state index contributed by atoms with van der Waals surface area (Å²) in [6.45, 7) is 5.64. The lowest BCUT2D eigenvalue weighted by Crippen LogP contribution is -2.47. The van der Waals surface area contributed by atoms with E-state index in [4.69, 9.17) is 16.3 Å². The topological polar surface area (TPSA) is 76.8 Å². The maximum Gasteiger partial charge on any atom is 0.416 e. The van der Waals surface area contributed by atoms with Crippen molar-refractivity contribution in [2.45, 2.75) is 45.3 Å². The number of hydrogen-bond donors (Lipinski definition) is 0. The Labute approximate surface area is 138 Å².